The second-order valence-electron chi connectivity index (χ2n) is 5.58. The van der Waals surface area contributed by atoms with E-state index in [-0.39, 0.29) is 23.6 Å². The number of aromatic carboxylic acids is 1. The van der Waals surface area contributed by atoms with Crippen molar-refractivity contribution in [3.8, 4) is 0 Å². The molecule has 1 amide bonds. The number of rotatable bonds is 4. The largest absolute Gasteiger partial charge is 0.478 e. The van der Waals surface area contributed by atoms with Crippen molar-refractivity contribution in [3.63, 3.8) is 0 Å². The van der Waals surface area contributed by atoms with Crippen molar-refractivity contribution < 1.29 is 14.7 Å². The summed E-state index contributed by atoms with van der Waals surface area (Å²) in [5.74, 6) is -1.28. The quantitative estimate of drug-likeness (QED) is 0.743. The van der Waals surface area contributed by atoms with Gasteiger partial charge in [0.2, 0.25) is 0 Å². The molecule has 0 spiro atoms. The van der Waals surface area contributed by atoms with Gasteiger partial charge in [-0.1, -0.05) is 12.1 Å². The molecule has 0 aliphatic heterocycles. The molecular formula is C17H15N3O4S. The van der Waals surface area contributed by atoms with Gasteiger partial charge in [0.1, 0.15) is 4.83 Å². The Labute approximate surface area is 146 Å². The molecule has 2 aromatic heterocycles. The fraction of sp³-hybridized carbons (Fsp3) is 0.176. The maximum absolute atomic E-state index is 12.4. The molecule has 1 aromatic carbocycles. The van der Waals surface area contributed by atoms with Gasteiger partial charge >= 0.3 is 5.97 Å². The molecule has 25 heavy (non-hydrogen) atoms. The van der Waals surface area contributed by atoms with Gasteiger partial charge < -0.3 is 15.0 Å². The van der Waals surface area contributed by atoms with Gasteiger partial charge in [0.15, 0.2) is 0 Å². The van der Waals surface area contributed by atoms with Gasteiger partial charge in [-0.25, -0.2) is 9.78 Å². The molecule has 2 heterocycles. The van der Waals surface area contributed by atoms with Crippen molar-refractivity contribution >= 4 is 33.4 Å². The van der Waals surface area contributed by atoms with Gasteiger partial charge in [0.25, 0.3) is 11.5 Å². The van der Waals surface area contributed by atoms with Gasteiger partial charge in [0.05, 0.1) is 22.2 Å². The van der Waals surface area contributed by atoms with Gasteiger partial charge in [-0.15, -0.1) is 11.3 Å². The van der Waals surface area contributed by atoms with Crippen LogP contribution in [-0.2, 0) is 13.6 Å². The average Bonchev–Trinajstić information content (AvgIpc) is 2.94. The molecule has 0 saturated carbocycles. The lowest BCUT2D eigenvalue weighted by atomic mass is 10.1. The third kappa shape index (κ3) is 3.16. The first-order valence-electron chi connectivity index (χ1n) is 7.43. The number of carboxylic acids is 1. The number of nitrogens with zero attached hydrogens (tertiary/aromatic N) is 2. The Morgan fingerprint density at radius 3 is 2.60 bits per heavy atom. The zero-order valence-electron chi connectivity index (χ0n) is 13.6. The van der Waals surface area contributed by atoms with E-state index in [2.05, 4.69) is 10.3 Å². The lowest BCUT2D eigenvalue weighted by Gasteiger charge is -2.05. The summed E-state index contributed by atoms with van der Waals surface area (Å²) in [6.45, 7) is 2.00. The minimum Gasteiger partial charge on any atom is -0.478 e. The number of nitrogens with one attached hydrogen (secondary N) is 1. The average molecular weight is 357 g/mol. The summed E-state index contributed by atoms with van der Waals surface area (Å²) >= 11 is 1.18. The van der Waals surface area contributed by atoms with Crippen LogP contribution >= 0.6 is 11.3 Å². The maximum atomic E-state index is 12.4. The van der Waals surface area contributed by atoms with Crippen molar-refractivity contribution in [2.45, 2.75) is 13.5 Å². The lowest BCUT2D eigenvalue weighted by Crippen LogP contribution is -2.23. The number of carbonyl (C=O) groups excluding carboxylic acids is 1. The summed E-state index contributed by atoms with van der Waals surface area (Å²) in [4.78, 5) is 40.7. The zero-order valence-corrected chi connectivity index (χ0v) is 14.4. The standard InChI is InChI=1S/C17H15N3O4S/c1-9-12-15(19-8-20(2)16(12)22)25-13(9)14(21)18-7-10-3-5-11(6-4-10)17(23)24/h3-6,8H,7H2,1-2H3,(H,18,21)(H,23,24). The summed E-state index contributed by atoms with van der Waals surface area (Å²) in [6.07, 6.45) is 1.44. The minimum atomic E-state index is -0.995. The number of hydrogen-bond acceptors (Lipinski definition) is 5. The second-order valence-corrected chi connectivity index (χ2v) is 6.58. The number of carboxylic acid groups (broad SMARTS) is 1. The van der Waals surface area contributed by atoms with Crippen LogP contribution in [0, 0.1) is 6.92 Å². The predicted octanol–water partition coefficient (Wildman–Crippen LogP) is 1.93. The van der Waals surface area contributed by atoms with E-state index in [1.54, 1.807) is 26.1 Å². The summed E-state index contributed by atoms with van der Waals surface area (Å²) < 4.78 is 1.38. The Kier molecular flexibility index (Phi) is 4.37. The third-order valence-electron chi connectivity index (χ3n) is 3.87. The molecule has 2 N–H and O–H groups in total. The van der Waals surface area contributed by atoms with Gasteiger partial charge in [0, 0.05) is 13.6 Å². The van der Waals surface area contributed by atoms with E-state index in [4.69, 9.17) is 5.11 Å². The number of thiophene rings is 1. The van der Waals surface area contributed by atoms with Crippen LogP contribution in [0.2, 0.25) is 0 Å². The molecule has 3 rings (SSSR count). The van der Waals surface area contributed by atoms with Crippen molar-refractivity contribution in [1.82, 2.24) is 14.9 Å². The van der Waals surface area contributed by atoms with Crippen LogP contribution in [0.15, 0.2) is 35.4 Å². The highest BCUT2D eigenvalue weighted by Crippen LogP contribution is 2.26. The summed E-state index contributed by atoms with van der Waals surface area (Å²) in [5.41, 5.74) is 1.41. The highest BCUT2D eigenvalue weighted by atomic mass is 32.1. The molecule has 0 saturated heterocycles. The highest BCUT2D eigenvalue weighted by Gasteiger charge is 2.18. The highest BCUT2D eigenvalue weighted by molar-refractivity contribution is 7.20. The van der Waals surface area contributed by atoms with Crippen molar-refractivity contribution in [2.24, 2.45) is 7.05 Å². The molecule has 0 unspecified atom stereocenters. The van der Waals surface area contributed by atoms with Crippen molar-refractivity contribution in [3.05, 3.63) is 62.5 Å². The van der Waals surface area contributed by atoms with Crippen LogP contribution in [0.1, 0.15) is 31.2 Å². The molecule has 8 heteroatoms. The smallest absolute Gasteiger partial charge is 0.335 e. The Morgan fingerprint density at radius 2 is 1.96 bits per heavy atom. The lowest BCUT2D eigenvalue weighted by molar-refractivity contribution is 0.0696. The Bertz CT molecular complexity index is 1030. The normalized spacial score (nSPS) is 10.8. The van der Waals surface area contributed by atoms with Crippen molar-refractivity contribution in [2.75, 3.05) is 0 Å². The molecular weight excluding hydrogens is 342 g/mol. The van der Waals surface area contributed by atoms with Crippen LogP contribution in [-0.4, -0.2) is 26.5 Å². The zero-order chi connectivity index (χ0) is 18.1. The molecule has 0 bridgehead atoms. The first-order chi connectivity index (χ1) is 11.9. The van der Waals surface area contributed by atoms with Crippen LogP contribution in [0.4, 0.5) is 0 Å². The molecule has 0 radical (unpaired) electrons. The van der Waals surface area contributed by atoms with E-state index < -0.39 is 5.97 Å². The number of hydrogen-bond donors (Lipinski definition) is 2. The summed E-state index contributed by atoms with van der Waals surface area (Å²) in [7, 11) is 1.62. The molecule has 0 atom stereocenters. The molecule has 7 nitrogen and oxygen atoms in total. The van der Waals surface area contributed by atoms with Crippen LogP contribution in [0.3, 0.4) is 0 Å². The van der Waals surface area contributed by atoms with E-state index in [9.17, 15) is 14.4 Å². The molecule has 3 aromatic rings. The third-order valence-corrected chi connectivity index (χ3v) is 5.07. The minimum absolute atomic E-state index is 0.179. The molecule has 128 valence electrons. The SMILES string of the molecule is Cc1c(C(=O)NCc2ccc(C(=O)O)cc2)sc2ncn(C)c(=O)c12. The number of fused-ring (bicyclic) bond motifs is 1. The first-order valence-corrected chi connectivity index (χ1v) is 8.25. The fourth-order valence-corrected chi connectivity index (χ4v) is 3.51. The van der Waals surface area contributed by atoms with Crippen LogP contribution in [0.5, 0.6) is 0 Å². The number of benzene rings is 1. The van der Waals surface area contributed by atoms with E-state index >= 15 is 0 Å². The van der Waals surface area contributed by atoms with Crippen LogP contribution in [0.25, 0.3) is 10.2 Å². The van der Waals surface area contributed by atoms with Crippen LogP contribution < -0.4 is 10.9 Å². The van der Waals surface area contributed by atoms with Crippen molar-refractivity contribution in [1.29, 1.82) is 0 Å². The van der Waals surface area contributed by atoms with Gasteiger partial charge in [-0.05, 0) is 30.2 Å². The Morgan fingerprint density at radius 1 is 1.28 bits per heavy atom. The van der Waals surface area contributed by atoms with E-state index in [1.165, 1.54) is 34.4 Å². The number of aromatic nitrogens is 2. The van der Waals surface area contributed by atoms with Gasteiger partial charge in [-0.3, -0.25) is 9.59 Å². The predicted molar refractivity (Wildman–Crippen MR) is 94.2 cm³/mol. The number of amides is 1. The Hall–Kier alpha value is -3.00. The van der Waals surface area contributed by atoms with E-state index in [0.29, 0.717) is 20.7 Å². The fourth-order valence-electron chi connectivity index (χ4n) is 2.45. The summed E-state index contributed by atoms with van der Waals surface area (Å²) in [5, 5.41) is 12.1. The van der Waals surface area contributed by atoms with E-state index in [0.717, 1.165) is 5.56 Å². The first kappa shape index (κ1) is 16.8. The second kappa shape index (κ2) is 6.48. The summed E-state index contributed by atoms with van der Waals surface area (Å²) in [6, 6.07) is 6.28. The molecule has 0 aliphatic rings. The molecule has 0 aliphatic carbocycles. The monoisotopic (exact) mass is 357 g/mol. The van der Waals surface area contributed by atoms with Gasteiger partial charge in [-0.2, -0.15) is 0 Å². The van der Waals surface area contributed by atoms with E-state index in [1.807, 2.05) is 0 Å². The topological polar surface area (TPSA) is 101 Å². The number of aryl methyl sites for hydroxylation is 2. The number of carbonyl (C=O) groups is 2. The Balaban J connectivity index is 1.81. The molecule has 0 fully saturated rings. The maximum Gasteiger partial charge on any atom is 0.335 e.